The van der Waals surface area contributed by atoms with Gasteiger partial charge in [0.15, 0.2) is 5.78 Å². The number of nitrogens with zero attached hydrogens (tertiary/aromatic N) is 1. The molecule has 2 aromatic carbocycles. The Balaban J connectivity index is 2.13. The maximum atomic E-state index is 13.8. The molecule has 4 heteroatoms. The number of likely N-dealkylation sites (N-methyl/N-ethyl adjacent to an activating group) is 1. The Hall–Kier alpha value is -2.23. The molecule has 0 atom stereocenters. The Kier molecular flexibility index (Phi) is 4.68. The van der Waals surface area contributed by atoms with Gasteiger partial charge in [0.05, 0.1) is 11.3 Å². The number of ketones is 1. The fraction of sp³-hybridized carbons (Fsp3) is 0.235. The van der Waals surface area contributed by atoms with Crippen LogP contribution >= 0.6 is 0 Å². The summed E-state index contributed by atoms with van der Waals surface area (Å²) in [5.41, 5.74) is 1.67. The van der Waals surface area contributed by atoms with Gasteiger partial charge in [0.2, 0.25) is 0 Å². The minimum Gasteiger partial charge on any atom is -0.374 e. The first-order chi connectivity index (χ1) is 9.99. The van der Waals surface area contributed by atoms with E-state index in [-0.39, 0.29) is 17.2 Å². The molecule has 0 unspecified atom stereocenters. The Morgan fingerprint density at radius 1 is 1.10 bits per heavy atom. The number of carbonyl (C=O) groups is 1. The Morgan fingerprint density at radius 2 is 1.76 bits per heavy atom. The van der Waals surface area contributed by atoms with Crippen LogP contribution in [0.5, 0.6) is 0 Å². The Labute approximate surface area is 123 Å². The molecule has 0 radical (unpaired) electrons. The highest BCUT2D eigenvalue weighted by atomic mass is 19.1. The average molecular weight is 289 g/mol. The van der Waals surface area contributed by atoms with E-state index in [0.29, 0.717) is 18.7 Å². The molecule has 0 N–H and O–H groups in total. The molecular weight excluding hydrogens is 272 g/mol. The second kappa shape index (κ2) is 6.48. The highest BCUT2D eigenvalue weighted by Gasteiger charge is 2.15. The average Bonchev–Trinajstić information content (AvgIpc) is 2.45. The van der Waals surface area contributed by atoms with Crippen molar-refractivity contribution < 1.29 is 13.6 Å². The molecule has 0 amide bonds. The summed E-state index contributed by atoms with van der Waals surface area (Å²) in [6, 6.07) is 10.9. The van der Waals surface area contributed by atoms with Crippen LogP contribution in [0.4, 0.5) is 14.5 Å². The van der Waals surface area contributed by atoms with E-state index in [2.05, 4.69) is 0 Å². The first-order valence-electron chi connectivity index (χ1n) is 6.74. The van der Waals surface area contributed by atoms with Crippen molar-refractivity contribution in [1.29, 1.82) is 0 Å². The molecule has 21 heavy (non-hydrogen) atoms. The van der Waals surface area contributed by atoms with Gasteiger partial charge in [0.25, 0.3) is 0 Å². The number of hydrogen-bond acceptors (Lipinski definition) is 2. The normalized spacial score (nSPS) is 10.5. The zero-order valence-electron chi connectivity index (χ0n) is 12.1. The Bertz CT molecular complexity index is 638. The number of hydrogen-bond donors (Lipinski definition) is 0. The number of anilines is 1. The molecule has 0 saturated heterocycles. The third kappa shape index (κ3) is 3.66. The molecule has 0 bridgehead atoms. The first-order valence-corrected chi connectivity index (χ1v) is 6.74. The van der Waals surface area contributed by atoms with E-state index in [0.717, 1.165) is 5.56 Å². The van der Waals surface area contributed by atoms with Crippen LogP contribution < -0.4 is 4.90 Å². The predicted molar refractivity (Wildman–Crippen MR) is 79.8 cm³/mol. The molecule has 0 aromatic heterocycles. The second-order valence-corrected chi connectivity index (χ2v) is 4.99. The van der Waals surface area contributed by atoms with Crippen molar-refractivity contribution in [1.82, 2.24) is 0 Å². The van der Waals surface area contributed by atoms with Crippen LogP contribution in [-0.2, 0) is 6.42 Å². The molecule has 0 saturated carbocycles. The molecule has 0 fully saturated rings. The second-order valence-electron chi connectivity index (χ2n) is 4.99. The number of carbonyl (C=O) groups excluding carboxylic acids is 1. The molecule has 0 aliphatic carbocycles. The van der Waals surface area contributed by atoms with Gasteiger partial charge in [-0.15, -0.1) is 0 Å². The standard InChI is InChI=1S/C17H17F2NO/c1-12(21)17-15(19)4-3-5-16(17)20(2)11-10-13-6-8-14(18)9-7-13/h3-9H,10-11H2,1-2H3. The largest absolute Gasteiger partial charge is 0.374 e. The number of benzene rings is 2. The van der Waals surface area contributed by atoms with E-state index in [1.54, 1.807) is 24.3 Å². The van der Waals surface area contributed by atoms with Gasteiger partial charge in [0, 0.05) is 13.6 Å². The lowest BCUT2D eigenvalue weighted by atomic mass is 10.1. The predicted octanol–water partition coefficient (Wildman–Crippen LogP) is 3.85. The van der Waals surface area contributed by atoms with Crippen molar-refractivity contribution in [2.45, 2.75) is 13.3 Å². The van der Waals surface area contributed by atoms with Gasteiger partial charge >= 0.3 is 0 Å². The van der Waals surface area contributed by atoms with Crippen LogP contribution in [-0.4, -0.2) is 19.4 Å². The molecular formula is C17H17F2NO. The minimum absolute atomic E-state index is 0.110. The van der Waals surface area contributed by atoms with Crippen molar-refractivity contribution >= 4 is 11.5 Å². The summed E-state index contributed by atoms with van der Waals surface area (Å²) < 4.78 is 26.6. The first kappa shape index (κ1) is 15.2. The molecule has 2 nitrogen and oxygen atoms in total. The molecule has 0 heterocycles. The Morgan fingerprint density at radius 3 is 2.38 bits per heavy atom. The van der Waals surface area contributed by atoms with Crippen LogP contribution in [0.3, 0.4) is 0 Å². The third-order valence-electron chi connectivity index (χ3n) is 3.40. The zero-order chi connectivity index (χ0) is 15.4. The van der Waals surface area contributed by atoms with E-state index in [4.69, 9.17) is 0 Å². The quantitative estimate of drug-likeness (QED) is 0.779. The highest BCUT2D eigenvalue weighted by Crippen LogP contribution is 2.23. The van der Waals surface area contributed by atoms with Gasteiger partial charge in [-0.05, 0) is 43.2 Å². The van der Waals surface area contributed by atoms with Crippen molar-refractivity contribution in [3.8, 4) is 0 Å². The summed E-state index contributed by atoms with van der Waals surface area (Å²) in [6.07, 6.45) is 0.685. The van der Waals surface area contributed by atoms with E-state index in [9.17, 15) is 13.6 Å². The van der Waals surface area contributed by atoms with Crippen LogP contribution in [0.1, 0.15) is 22.8 Å². The van der Waals surface area contributed by atoms with Crippen LogP contribution in [0.2, 0.25) is 0 Å². The van der Waals surface area contributed by atoms with Crippen LogP contribution in [0.25, 0.3) is 0 Å². The lowest BCUT2D eigenvalue weighted by molar-refractivity contribution is 0.101. The summed E-state index contributed by atoms with van der Waals surface area (Å²) in [6.45, 7) is 1.96. The molecule has 0 aliphatic rings. The van der Waals surface area contributed by atoms with Crippen LogP contribution in [0, 0.1) is 11.6 Å². The van der Waals surface area contributed by atoms with Gasteiger partial charge in [-0.2, -0.15) is 0 Å². The van der Waals surface area contributed by atoms with E-state index >= 15 is 0 Å². The van der Waals surface area contributed by atoms with Crippen molar-refractivity contribution in [3.63, 3.8) is 0 Å². The van der Waals surface area contributed by atoms with Crippen molar-refractivity contribution in [2.24, 2.45) is 0 Å². The molecule has 2 rings (SSSR count). The van der Waals surface area contributed by atoms with E-state index < -0.39 is 5.82 Å². The smallest absolute Gasteiger partial charge is 0.164 e. The number of rotatable bonds is 5. The van der Waals surface area contributed by atoms with Gasteiger partial charge in [-0.3, -0.25) is 4.79 Å². The van der Waals surface area contributed by atoms with Crippen molar-refractivity contribution in [2.75, 3.05) is 18.5 Å². The highest BCUT2D eigenvalue weighted by molar-refractivity contribution is 6.00. The van der Waals surface area contributed by atoms with Gasteiger partial charge in [-0.1, -0.05) is 18.2 Å². The van der Waals surface area contributed by atoms with Crippen molar-refractivity contribution in [3.05, 3.63) is 65.2 Å². The van der Waals surface area contributed by atoms with E-state index in [1.807, 2.05) is 11.9 Å². The van der Waals surface area contributed by atoms with Crippen LogP contribution in [0.15, 0.2) is 42.5 Å². The summed E-state index contributed by atoms with van der Waals surface area (Å²) in [4.78, 5) is 13.4. The third-order valence-corrected chi connectivity index (χ3v) is 3.40. The lowest BCUT2D eigenvalue weighted by Gasteiger charge is -2.22. The van der Waals surface area contributed by atoms with Gasteiger partial charge in [-0.25, -0.2) is 8.78 Å². The summed E-state index contributed by atoms with van der Waals surface area (Å²) in [5, 5.41) is 0. The summed E-state index contributed by atoms with van der Waals surface area (Å²) >= 11 is 0. The van der Waals surface area contributed by atoms with Gasteiger partial charge < -0.3 is 4.90 Å². The lowest BCUT2D eigenvalue weighted by Crippen LogP contribution is -2.23. The van der Waals surface area contributed by atoms with Gasteiger partial charge in [0.1, 0.15) is 11.6 Å². The monoisotopic (exact) mass is 289 g/mol. The maximum Gasteiger partial charge on any atom is 0.164 e. The number of Topliss-reactive ketones (excluding diaryl/α,β-unsaturated/α-hetero) is 1. The summed E-state index contributed by atoms with van der Waals surface area (Å²) in [5.74, 6) is -1.07. The van der Waals surface area contributed by atoms with E-state index in [1.165, 1.54) is 25.1 Å². The minimum atomic E-state index is -0.506. The SMILES string of the molecule is CC(=O)c1c(F)cccc1N(C)CCc1ccc(F)cc1. The topological polar surface area (TPSA) is 20.3 Å². The number of halogens is 2. The molecule has 0 spiro atoms. The molecule has 110 valence electrons. The fourth-order valence-electron chi connectivity index (χ4n) is 2.25. The fourth-order valence-corrected chi connectivity index (χ4v) is 2.25. The maximum absolute atomic E-state index is 13.8. The zero-order valence-corrected chi connectivity index (χ0v) is 12.1. The summed E-state index contributed by atoms with van der Waals surface area (Å²) in [7, 11) is 1.81. The molecule has 2 aromatic rings. The molecule has 0 aliphatic heterocycles.